The number of rotatable bonds is 9. The lowest BCUT2D eigenvalue weighted by atomic mass is 9.80. The first kappa shape index (κ1) is 22.7. The molecule has 2 saturated heterocycles. The Hall–Kier alpha value is -2.53. The lowest BCUT2D eigenvalue weighted by Gasteiger charge is -2.48. The van der Waals surface area contributed by atoms with E-state index in [0.29, 0.717) is 18.2 Å². The molecule has 2 fully saturated rings. The van der Waals surface area contributed by atoms with Gasteiger partial charge in [-0.15, -0.1) is 5.06 Å². The third kappa shape index (κ3) is 6.49. The third-order valence-electron chi connectivity index (χ3n) is 5.99. The molecule has 0 radical (unpaired) electrons. The summed E-state index contributed by atoms with van der Waals surface area (Å²) in [6.07, 6.45) is -0.211. The van der Waals surface area contributed by atoms with Gasteiger partial charge in [0.2, 0.25) is 11.8 Å². The number of hydrogen-bond donors (Lipinski definition) is 2. The van der Waals surface area contributed by atoms with Crippen molar-refractivity contribution >= 4 is 29.6 Å². The molecule has 180 valence electrons. The number of carbonyl (C=O) groups is 5. The van der Waals surface area contributed by atoms with E-state index < -0.39 is 30.2 Å². The average Bonchev–Trinajstić information content (AvgIpc) is 3.06. The molecule has 0 aromatic heterocycles. The molecule has 2 N–H and O–H groups in total. The molecule has 11 heteroatoms. The van der Waals surface area contributed by atoms with Gasteiger partial charge in [0.05, 0.1) is 11.8 Å². The molecular formula is C21H35N5O6. The van der Waals surface area contributed by atoms with Crippen molar-refractivity contribution in [2.24, 2.45) is 5.41 Å². The highest BCUT2D eigenvalue weighted by Crippen LogP contribution is 2.29. The maximum Gasteiger partial charge on any atom is 0.334 e. The summed E-state index contributed by atoms with van der Waals surface area (Å²) in [6.45, 7) is 5.47. The van der Waals surface area contributed by atoms with E-state index in [-0.39, 0.29) is 62.7 Å². The predicted molar refractivity (Wildman–Crippen MR) is 115 cm³/mol. The summed E-state index contributed by atoms with van der Waals surface area (Å²) >= 11 is 0. The van der Waals surface area contributed by atoms with Crippen LogP contribution in [-0.2, 0) is 28.8 Å². The molecule has 0 aliphatic carbocycles. The van der Waals surface area contributed by atoms with Crippen molar-refractivity contribution in [3.63, 3.8) is 0 Å². The first-order chi connectivity index (χ1) is 15.8. The number of nitrogens with zero attached hydrogens (tertiary/aromatic N) is 3. The van der Waals surface area contributed by atoms with Crippen LogP contribution in [-0.4, -0.2) is 96.8 Å². The van der Waals surface area contributed by atoms with Gasteiger partial charge in [-0.3, -0.25) is 24.1 Å². The van der Waals surface area contributed by atoms with Crippen LogP contribution < -0.4 is 10.6 Å². The number of carbonyl (C=O) groups excluding carboxylic acids is 5. The van der Waals surface area contributed by atoms with E-state index in [1.807, 2.05) is 14.0 Å². The summed E-state index contributed by atoms with van der Waals surface area (Å²) in [5.41, 5.74) is -0.889. The van der Waals surface area contributed by atoms with Gasteiger partial charge in [-0.2, -0.15) is 0 Å². The van der Waals surface area contributed by atoms with E-state index in [2.05, 4.69) is 15.5 Å². The van der Waals surface area contributed by atoms with Gasteiger partial charge >= 0.3 is 5.97 Å². The number of amides is 4. The number of nitrogens with one attached hydrogen (secondary N) is 2. The van der Waals surface area contributed by atoms with E-state index in [1.165, 1.54) is 0 Å². The van der Waals surface area contributed by atoms with Gasteiger partial charge < -0.3 is 20.4 Å². The summed E-state index contributed by atoms with van der Waals surface area (Å²) in [4.78, 5) is 68.0. The van der Waals surface area contributed by atoms with Crippen molar-refractivity contribution in [2.45, 2.75) is 58.5 Å². The quantitative estimate of drug-likeness (QED) is 0.436. The van der Waals surface area contributed by atoms with Gasteiger partial charge in [0.25, 0.3) is 11.8 Å². The molecule has 0 spiro atoms. The van der Waals surface area contributed by atoms with Gasteiger partial charge in [0, 0.05) is 60.3 Å². The Morgan fingerprint density at radius 2 is 1.69 bits per heavy atom. The number of piperazine rings is 1. The Labute approximate surface area is 191 Å². The first-order valence-electron chi connectivity index (χ1n) is 11.9. The standard InChI is InChI=1S/C21H35N5O6/c1-14-12-25(5)15(13-24(14)4)21(2,3)20(31)23-10-8-16(27)22-11-9-19(30)32-26-17(28)6-7-18(26)29/h14-15H,6-13H2,1-5H3,(H,22,27)(H,23,31)/i5D2. The van der Waals surface area contributed by atoms with Crippen molar-refractivity contribution in [1.29, 1.82) is 0 Å². The second-order valence-corrected chi connectivity index (χ2v) is 8.87. The van der Waals surface area contributed by atoms with Crippen LogP contribution in [0.1, 0.15) is 49.2 Å². The van der Waals surface area contributed by atoms with Gasteiger partial charge in [-0.05, 0) is 34.8 Å². The van der Waals surface area contributed by atoms with E-state index in [4.69, 9.17) is 7.58 Å². The Kier molecular flexibility index (Phi) is 7.69. The first-order valence-corrected chi connectivity index (χ1v) is 10.8. The lowest BCUT2D eigenvalue weighted by Crippen LogP contribution is -2.62. The van der Waals surface area contributed by atoms with Crippen LogP contribution in [0.25, 0.3) is 0 Å². The molecule has 0 aromatic carbocycles. The molecular weight excluding hydrogens is 418 g/mol. The summed E-state index contributed by atoms with van der Waals surface area (Å²) in [7, 11) is 1.95. The smallest absolute Gasteiger partial charge is 0.334 e. The summed E-state index contributed by atoms with van der Waals surface area (Å²) in [5, 5.41) is 5.73. The fourth-order valence-electron chi connectivity index (χ4n) is 3.64. The van der Waals surface area contributed by atoms with E-state index >= 15 is 0 Å². The van der Waals surface area contributed by atoms with Gasteiger partial charge in [0.15, 0.2) is 0 Å². The van der Waals surface area contributed by atoms with E-state index in [9.17, 15) is 24.0 Å². The Balaban J connectivity index is 1.73. The highest BCUT2D eigenvalue weighted by Gasteiger charge is 2.42. The zero-order chi connectivity index (χ0) is 25.6. The fourth-order valence-corrected chi connectivity index (χ4v) is 3.64. The van der Waals surface area contributed by atoms with Gasteiger partial charge in [0.1, 0.15) is 0 Å². The SMILES string of the molecule is [2H]C([2H])N1CC(C)N(C)CC1C(C)(C)C(=O)NCCC(=O)NCCC(=O)ON1C(=O)CCC1=O. The Morgan fingerprint density at radius 3 is 2.31 bits per heavy atom. The van der Waals surface area contributed by atoms with Gasteiger partial charge in [-0.25, -0.2) is 4.79 Å². The molecule has 2 aliphatic rings. The Bertz CT molecular complexity index is 793. The zero-order valence-corrected chi connectivity index (χ0v) is 19.2. The van der Waals surface area contributed by atoms with Crippen LogP contribution in [0.2, 0.25) is 0 Å². The topological polar surface area (TPSA) is 128 Å². The third-order valence-corrected chi connectivity index (χ3v) is 5.99. The molecule has 0 aromatic rings. The zero-order valence-electron chi connectivity index (χ0n) is 21.2. The normalized spacial score (nSPS) is 23.7. The number of likely N-dealkylation sites (N-methyl/N-ethyl adjacent to an activating group) is 2. The minimum absolute atomic E-state index is 0.00673. The Morgan fingerprint density at radius 1 is 1.06 bits per heavy atom. The molecule has 2 heterocycles. The number of hydrogen-bond acceptors (Lipinski definition) is 8. The van der Waals surface area contributed by atoms with Crippen molar-refractivity contribution in [3.8, 4) is 0 Å². The maximum atomic E-state index is 12.9. The van der Waals surface area contributed by atoms with E-state index in [1.54, 1.807) is 18.7 Å². The largest absolute Gasteiger partial charge is 0.355 e. The monoisotopic (exact) mass is 455 g/mol. The van der Waals surface area contributed by atoms with Crippen LogP contribution >= 0.6 is 0 Å². The molecule has 0 saturated carbocycles. The molecule has 2 unspecified atom stereocenters. The maximum absolute atomic E-state index is 12.9. The molecule has 2 aliphatic heterocycles. The van der Waals surface area contributed by atoms with Crippen molar-refractivity contribution in [2.75, 3.05) is 40.2 Å². The highest BCUT2D eigenvalue weighted by molar-refractivity contribution is 6.01. The summed E-state index contributed by atoms with van der Waals surface area (Å²) < 4.78 is 15.7. The minimum Gasteiger partial charge on any atom is -0.355 e. The molecule has 11 nitrogen and oxygen atoms in total. The fraction of sp³-hybridized carbons (Fsp3) is 0.762. The van der Waals surface area contributed by atoms with Crippen LogP contribution in [0, 0.1) is 5.41 Å². The lowest BCUT2D eigenvalue weighted by molar-refractivity contribution is -0.197. The average molecular weight is 456 g/mol. The summed E-state index contributed by atoms with van der Waals surface area (Å²) in [5.74, 6) is -2.61. The van der Waals surface area contributed by atoms with Crippen molar-refractivity contribution < 1.29 is 31.6 Å². The van der Waals surface area contributed by atoms with Crippen LogP contribution in [0.15, 0.2) is 0 Å². The summed E-state index contributed by atoms with van der Waals surface area (Å²) in [6, 6.07) is -0.159. The van der Waals surface area contributed by atoms with Crippen molar-refractivity contribution in [1.82, 2.24) is 25.5 Å². The molecule has 2 atom stereocenters. The highest BCUT2D eigenvalue weighted by atomic mass is 16.7. The molecule has 0 bridgehead atoms. The molecule has 2 rings (SSSR count). The minimum atomic E-state index is -1.19. The van der Waals surface area contributed by atoms with Crippen LogP contribution in [0.4, 0.5) is 0 Å². The molecule has 32 heavy (non-hydrogen) atoms. The second-order valence-electron chi connectivity index (χ2n) is 8.87. The number of imide groups is 1. The van der Waals surface area contributed by atoms with Crippen LogP contribution in [0.3, 0.4) is 0 Å². The van der Waals surface area contributed by atoms with Gasteiger partial charge in [-0.1, -0.05) is 0 Å². The van der Waals surface area contributed by atoms with Crippen molar-refractivity contribution in [3.05, 3.63) is 0 Å². The van der Waals surface area contributed by atoms with E-state index in [0.717, 1.165) is 0 Å². The van der Waals surface area contributed by atoms with Crippen LogP contribution in [0.5, 0.6) is 0 Å². The second kappa shape index (κ2) is 10.9. The molecule has 4 amide bonds. The number of hydroxylamine groups is 2. The predicted octanol–water partition coefficient (Wildman–Crippen LogP) is -0.733.